The summed E-state index contributed by atoms with van der Waals surface area (Å²) >= 11 is 15.6. The molecular formula is C8H3BrCl2N4OS. The van der Waals surface area contributed by atoms with Crippen LogP contribution in [0.3, 0.4) is 0 Å². The highest BCUT2D eigenvalue weighted by Crippen LogP contribution is 2.24. The summed E-state index contributed by atoms with van der Waals surface area (Å²) in [5.41, 5.74) is 0.386. The number of rotatable bonds is 2. The Bertz CT molecular complexity index is 576. The summed E-state index contributed by atoms with van der Waals surface area (Å²) in [5.74, 6) is -0.434. The zero-order chi connectivity index (χ0) is 12.4. The third kappa shape index (κ3) is 3.12. The van der Waals surface area contributed by atoms with Crippen molar-refractivity contribution in [3.63, 3.8) is 0 Å². The highest BCUT2D eigenvalue weighted by molar-refractivity contribution is 9.10. The molecule has 17 heavy (non-hydrogen) atoms. The Labute approximate surface area is 118 Å². The Morgan fingerprint density at radius 1 is 1.41 bits per heavy atom. The lowest BCUT2D eigenvalue weighted by Crippen LogP contribution is -2.12. The van der Waals surface area contributed by atoms with Gasteiger partial charge in [0.15, 0.2) is 5.15 Å². The number of hydrogen-bond donors (Lipinski definition) is 1. The van der Waals surface area contributed by atoms with E-state index in [9.17, 15) is 4.79 Å². The van der Waals surface area contributed by atoms with Gasteiger partial charge in [-0.1, -0.05) is 22.9 Å². The lowest BCUT2D eigenvalue weighted by atomic mass is 10.4. The van der Waals surface area contributed by atoms with E-state index in [4.69, 9.17) is 23.2 Å². The van der Waals surface area contributed by atoms with Gasteiger partial charge in [0.25, 0.3) is 5.91 Å². The van der Waals surface area contributed by atoms with Gasteiger partial charge < -0.3 is 5.32 Å². The van der Waals surface area contributed by atoms with E-state index < -0.39 is 5.91 Å². The number of carbonyl (C=O) groups excluding carboxylic acids is 1. The molecule has 1 amide bonds. The van der Waals surface area contributed by atoms with Crippen LogP contribution in [0.25, 0.3) is 0 Å². The minimum Gasteiger partial charge on any atom is -0.317 e. The molecule has 1 N–H and O–H groups in total. The maximum absolute atomic E-state index is 11.7. The zero-order valence-electron chi connectivity index (χ0n) is 7.95. The van der Waals surface area contributed by atoms with Gasteiger partial charge in [0.2, 0.25) is 9.47 Å². The number of anilines is 1. The van der Waals surface area contributed by atoms with Gasteiger partial charge in [-0.3, -0.25) is 4.79 Å². The summed E-state index contributed by atoms with van der Waals surface area (Å²) in [6, 6.07) is 1.63. The first-order valence-electron chi connectivity index (χ1n) is 4.17. The first-order valence-corrected chi connectivity index (χ1v) is 6.54. The van der Waals surface area contributed by atoms with Gasteiger partial charge in [-0.25, -0.2) is 4.98 Å². The number of carbonyl (C=O) groups is 1. The quantitative estimate of drug-likeness (QED) is 0.841. The van der Waals surface area contributed by atoms with Crippen LogP contribution >= 0.6 is 50.5 Å². The smallest absolute Gasteiger partial charge is 0.286 e. The van der Waals surface area contributed by atoms with Gasteiger partial charge in [0.1, 0.15) is 0 Å². The van der Waals surface area contributed by atoms with Gasteiger partial charge in [-0.15, -0.1) is 10.2 Å². The summed E-state index contributed by atoms with van der Waals surface area (Å²) in [7, 11) is 0. The van der Waals surface area contributed by atoms with Crippen molar-refractivity contribution in [2.75, 3.05) is 5.32 Å². The SMILES string of the molecule is O=C(Nc1cc(Br)cnc1Cl)c1nnc(Cl)s1. The van der Waals surface area contributed by atoms with E-state index in [1.54, 1.807) is 6.07 Å². The van der Waals surface area contributed by atoms with Crippen LogP contribution in [-0.2, 0) is 0 Å². The largest absolute Gasteiger partial charge is 0.317 e. The zero-order valence-corrected chi connectivity index (χ0v) is 11.9. The molecule has 0 saturated heterocycles. The first-order chi connectivity index (χ1) is 8.06. The number of pyridine rings is 1. The number of halogens is 3. The molecule has 0 atom stereocenters. The Morgan fingerprint density at radius 3 is 2.82 bits per heavy atom. The van der Waals surface area contributed by atoms with Crippen LogP contribution in [0.5, 0.6) is 0 Å². The molecule has 2 rings (SSSR count). The fraction of sp³-hybridized carbons (Fsp3) is 0. The lowest BCUT2D eigenvalue weighted by molar-refractivity contribution is 0.102. The summed E-state index contributed by atoms with van der Waals surface area (Å²) in [6.07, 6.45) is 1.53. The second-order valence-corrected chi connectivity index (χ2v) is 5.64. The first kappa shape index (κ1) is 12.7. The average Bonchev–Trinajstić information content (AvgIpc) is 2.70. The van der Waals surface area contributed by atoms with Crippen molar-refractivity contribution in [3.05, 3.63) is 31.4 Å². The van der Waals surface area contributed by atoms with E-state index in [1.165, 1.54) is 6.20 Å². The molecule has 0 aliphatic heterocycles. The fourth-order valence-electron chi connectivity index (χ4n) is 0.983. The minimum absolute atomic E-state index is 0.158. The summed E-state index contributed by atoms with van der Waals surface area (Å²) in [4.78, 5) is 15.6. The van der Waals surface area contributed by atoms with E-state index >= 15 is 0 Å². The molecule has 2 aromatic heterocycles. The summed E-state index contributed by atoms with van der Waals surface area (Å²) in [5, 5.41) is 10.1. The van der Waals surface area contributed by atoms with Crippen molar-refractivity contribution in [1.82, 2.24) is 15.2 Å². The predicted molar refractivity (Wildman–Crippen MR) is 69.8 cm³/mol. The van der Waals surface area contributed by atoms with E-state index in [1.807, 2.05) is 0 Å². The van der Waals surface area contributed by atoms with Gasteiger partial charge in [0, 0.05) is 10.7 Å². The Hall–Kier alpha value is -0.760. The molecule has 2 aromatic rings. The number of hydrogen-bond acceptors (Lipinski definition) is 5. The molecule has 0 aliphatic carbocycles. The van der Waals surface area contributed by atoms with Crippen LogP contribution in [0, 0.1) is 0 Å². The van der Waals surface area contributed by atoms with Crippen LogP contribution in [0.1, 0.15) is 9.80 Å². The molecule has 0 saturated carbocycles. The van der Waals surface area contributed by atoms with Crippen LogP contribution in [0.4, 0.5) is 5.69 Å². The van der Waals surface area contributed by atoms with Crippen LogP contribution in [0.2, 0.25) is 9.62 Å². The van der Waals surface area contributed by atoms with Gasteiger partial charge in [-0.05, 0) is 33.6 Å². The maximum Gasteiger partial charge on any atom is 0.286 e. The second kappa shape index (κ2) is 5.26. The molecule has 0 bridgehead atoms. The topological polar surface area (TPSA) is 67.8 Å². The summed E-state index contributed by atoms with van der Waals surface area (Å²) < 4.78 is 0.904. The molecular weight excluding hydrogens is 351 g/mol. The third-order valence-corrected chi connectivity index (χ3v) is 3.40. The molecule has 88 valence electrons. The fourth-order valence-corrected chi connectivity index (χ4v) is 2.19. The van der Waals surface area contributed by atoms with E-state index in [2.05, 4.69) is 36.4 Å². The van der Waals surface area contributed by atoms with Crippen molar-refractivity contribution < 1.29 is 4.79 Å². The monoisotopic (exact) mass is 352 g/mol. The molecule has 9 heteroatoms. The Kier molecular flexibility index (Phi) is 3.93. The van der Waals surface area contributed by atoms with E-state index in [0.29, 0.717) is 10.2 Å². The number of nitrogens with zero attached hydrogens (tertiary/aromatic N) is 3. The van der Waals surface area contributed by atoms with Crippen molar-refractivity contribution in [1.29, 1.82) is 0 Å². The van der Waals surface area contributed by atoms with E-state index in [-0.39, 0.29) is 14.6 Å². The maximum atomic E-state index is 11.7. The van der Waals surface area contributed by atoms with Crippen molar-refractivity contribution >= 4 is 62.1 Å². The van der Waals surface area contributed by atoms with Crippen molar-refractivity contribution in [3.8, 4) is 0 Å². The highest BCUT2D eigenvalue weighted by Gasteiger charge is 2.14. The molecule has 0 unspecified atom stereocenters. The molecule has 2 heterocycles. The molecule has 5 nitrogen and oxygen atoms in total. The number of amides is 1. The summed E-state index contributed by atoms with van der Waals surface area (Å²) in [6.45, 7) is 0. The second-order valence-electron chi connectivity index (χ2n) is 2.81. The molecule has 0 aliphatic rings. The van der Waals surface area contributed by atoms with Crippen LogP contribution in [0.15, 0.2) is 16.7 Å². The average molecular weight is 354 g/mol. The standard InChI is InChI=1S/C8H3BrCl2N4OS/c9-3-1-4(5(10)12-2-3)13-6(16)7-14-15-8(11)17-7/h1-2H,(H,13,16). The molecule has 0 spiro atoms. The Balaban J connectivity index is 2.21. The predicted octanol–water partition coefficient (Wildman–Crippen LogP) is 3.25. The number of aromatic nitrogens is 3. The molecule has 0 fully saturated rings. The number of nitrogens with one attached hydrogen (secondary N) is 1. The van der Waals surface area contributed by atoms with Gasteiger partial charge >= 0.3 is 0 Å². The van der Waals surface area contributed by atoms with Crippen molar-refractivity contribution in [2.24, 2.45) is 0 Å². The minimum atomic E-state index is -0.434. The normalized spacial score (nSPS) is 10.3. The van der Waals surface area contributed by atoms with Crippen molar-refractivity contribution in [2.45, 2.75) is 0 Å². The van der Waals surface area contributed by atoms with Crippen LogP contribution < -0.4 is 5.32 Å². The highest BCUT2D eigenvalue weighted by atomic mass is 79.9. The van der Waals surface area contributed by atoms with E-state index in [0.717, 1.165) is 11.3 Å². The van der Waals surface area contributed by atoms with Crippen LogP contribution in [-0.4, -0.2) is 21.1 Å². The third-order valence-electron chi connectivity index (χ3n) is 1.65. The van der Waals surface area contributed by atoms with Gasteiger partial charge in [-0.2, -0.15) is 0 Å². The van der Waals surface area contributed by atoms with Gasteiger partial charge in [0.05, 0.1) is 5.69 Å². The molecule has 0 radical (unpaired) electrons. The Morgan fingerprint density at radius 2 is 2.18 bits per heavy atom. The lowest BCUT2D eigenvalue weighted by Gasteiger charge is -2.04. The molecule has 0 aromatic carbocycles.